The molecule has 14 aromatic carbocycles. The third-order valence-electron chi connectivity index (χ3n) is 21.2. The molecule has 2 aliphatic rings. The highest BCUT2D eigenvalue weighted by molar-refractivity contribution is 7.00. The molecule has 0 aliphatic carbocycles. The zero-order chi connectivity index (χ0) is 90.9. The molecule has 0 N–H and O–H groups in total. The predicted octanol–water partition coefficient (Wildman–Crippen LogP) is 24.4. The maximum absolute atomic E-state index is 9.80. The SMILES string of the molecule is [2H]c1c([2H])c([2H])c2c(c1[2H])c1c([2H])c([2H])c([2H])c([2H])c1n2-c1ccc2c(c1)N(c1cccc3c1oc1c(-n4c5c([2H])c([2H])c([2H])c([2H])c5c5c([2H])c([2H])c([2H])c([2H])c54)cccc13)c1cc(C(C)(C)C)cc3c1B2c1ccc(-c2cc(C(C)(C)C)cc(C(C)(C)C)c2)cc1N3c1cccc2c1oc1c(-n3c4c([2H])c([2H])c([2H])c([2H])c4c4c([2H])c([2H])c([2H])c([2H])c43)cccc12. The van der Waals surface area contributed by atoms with E-state index in [0.717, 1.165) is 38.7 Å². The number of para-hydroxylation sites is 10. The number of furan rings is 2. The topological polar surface area (TPSA) is 47.6 Å². The van der Waals surface area contributed by atoms with Crippen LogP contribution >= 0.6 is 0 Å². The maximum Gasteiger partial charge on any atom is 0.252 e. The number of rotatable bonds is 6. The van der Waals surface area contributed by atoms with Gasteiger partial charge in [0.2, 0.25) is 0 Å². The van der Waals surface area contributed by atoms with Gasteiger partial charge < -0.3 is 32.3 Å². The van der Waals surface area contributed by atoms with Crippen LogP contribution in [0.4, 0.5) is 34.1 Å². The molecule has 104 heavy (non-hydrogen) atoms. The average molecular weight is 1360 g/mol. The lowest BCUT2D eigenvalue weighted by Gasteiger charge is -2.45. The first-order chi connectivity index (χ1) is 60.5. The Kier molecular flexibility index (Phi) is 8.53. The second kappa shape index (κ2) is 21.6. The van der Waals surface area contributed by atoms with Crippen molar-refractivity contribution in [2.75, 3.05) is 9.80 Å². The van der Waals surface area contributed by atoms with Gasteiger partial charge in [-0.05, 0) is 151 Å². The maximum atomic E-state index is 9.80. The van der Waals surface area contributed by atoms with E-state index in [4.69, 9.17) is 22.5 Å². The molecule has 21 rings (SSSR count). The van der Waals surface area contributed by atoms with E-state index in [1.165, 1.54) is 13.7 Å². The van der Waals surface area contributed by atoms with Crippen LogP contribution in [0.25, 0.3) is 137 Å². The Morgan fingerprint density at radius 1 is 0.279 bits per heavy atom. The fraction of sp³-hybridized carbons (Fsp3) is 0.125. The molecule has 0 atom stereocenters. The summed E-state index contributed by atoms with van der Waals surface area (Å²) in [5, 5.41) is 1.35. The first-order valence-electron chi connectivity index (χ1n) is 46.6. The highest BCUT2D eigenvalue weighted by Crippen LogP contribution is 2.53. The summed E-state index contributed by atoms with van der Waals surface area (Å²) in [6.45, 7) is 18.6. The summed E-state index contributed by atoms with van der Waals surface area (Å²) in [6, 6.07) is 31.4. The van der Waals surface area contributed by atoms with Crippen molar-refractivity contribution in [3.05, 3.63) is 301 Å². The second-order valence-electron chi connectivity index (χ2n) is 30.3. The summed E-state index contributed by atoms with van der Waals surface area (Å²) in [5.41, 5.74) is 9.59. The van der Waals surface area contributed by atoms with E-state index in [9.17, 15) is 19.2 Å². The van der Waals surface area contributed by atoms with E-state index < -0.39 is 157 Å². The molecule has 19 aromatic rings. The quantitative estimate of drug-likeness (QED) is 0.156. The lowest BCUT2D eigenvalue weighted by atomic mass is 9.33. The normalized spacial score (nSPS) is 16.6. The molecular formula is C96H74BN5O2. The van der Waals surface area contributed by atoms with Gasteiger partial charge in [-0.3, -0.25) is 0 Å². The van der Waals surface area contributed by atoms with Crippen molar-refractivity contribution in [1.82, 2.24) is 13.7 Å². The minimum atomic E-state index is -0.763. The van der Waals surface area contributed by atoms with E-state index in [2.05, 4.69) is 116 Å². The molecule has 0 unspecified atom stereocenters. The monoisotopic (exact) mass is 1360 g/mol. The molecule has 498 valence electrons. The molecule has 0 amide bonds. The molecule has 2 aliphatic heterocycles. The van der Waals surface area contributed by atoms with E-state index >= 15 is 0 Å². The third-order valence-corrected chi connectivity index (χ3v) is 21.2. The van der Waals surface area contributed by atoms with Gasteiger partial charge in [0.25, 0.3) is 6.71 Å². The molecule has 7 heterocycles. The first-order valence-corrected chi connectivity index (χ1v) is 34.6. The lowest BCUT2D eigenvalue weighted by molar-refractivity contribution is 0.569. The van der Waals surface area contributed by atoms with Crippen molar-refractivity contribution >= 4 is 167 Å². The summed E-state index contributed by atoms with van der Waals surface area (Å²) in [4.78, 5) is 4.24. The number of hydrogen-bond acceptors (Lipinski definition) is 4. The number of aromatic nitrogens is 3. The van der Waals surface area contributed by atoms with Crippen LogP contribution in [-0.2, 0) is 16.2 Å². The average Bonchev–Trinajstić information content (AvgIpc) is 1.36. The zero-order valence-corrected chi connectivity index (χ0v) is 57.9. The van der Waals surface area contributed by atoms with Gasteiger partial charge in [-0.1, -0.05) is 256 Å². The summed E-state index contributed by atoms with van der Waals surface area (Å²) >= 11 is 0. The molecule has 0 radical (unpaired) electrons. The molecule has 5 aromatic heterocycles. The number of benzene rings is 14. The Hall–Kier alpha value is -12.3. The molecule has 0 saturated carbocycles. The standard InChI is InChI=1S/C96H74BN5O2/c1-94(2,3)59-50-58(51-60(53-59)95(4,5)6)57-46-48-73-85(52-57)101(83-44-24-34-71-69-32-22-42-81(90(69)103-92(71)83)99-77-38-18-12-28-65(77)66-29-13-19-39-78(66)99)87-54-61(96(7,8)9)55-88-89(87)97(73)74-49-47-62(98-75-36-16-10-26-63(75)64-27-11-17-37-76(64)98)56-86(74)102(88)84-45-25-35-72-70-33-23-43-82(91(70)104-93(72)84)100-79-40-20-14-30-67(79)68-31-15-21-41-80(68)100/h10-56H,1-9H3/i10D,11D,12D,13D,14D,15D,16D,17D,18D,19D,20D,21D,26D,27D,28D,29D,30D,31D,36D,37D,38D,39D,40D,41D. The van der Waals surface area contributed by atoms with Crippen molar-refractivity contribution in [2.45, 2.75) is 78.6 Å². The van der Waals surface area contributed by atoms with Gasteiger partial charge in [0, 0.05) is 82.3 Å². The largest absolute Gasteiger partial charge is 0.452 e. The van der Waals surface area contributed by atoms with E-state index in [1.54, 1.807) is 30.3 Å². The van der Waals surface area contributed by atoms with E-state index in [1.807, 2.05) is 65.6 Å². The van der Waals surface area contributed by atoms with Crippen molar-refractivity contribution < 1.29 is 41.7 Å². The number of anilines is 6. The second-order valence-corrected chi connectivity index (χ2v) is 30.3. The summed E-state index contributed by atoms with van der Waals surface area (Å²) < 4.78 is 243. The Morgan fingerprint density at radius 2 is 0.606 bits per heavy atom. The Bertz CT molecular complexity index is 8170. The molecule has 0 bridgehead atoms. The van der Waals surface area contributed by atoms with E-state index in [0.29, 0.717) is 66.7 Å². The van der Waals surface area contributed by atoms with Gasteiger partial charge in [-0.25, -0.2) is 0 Å². The molecule has 0 spiro atoms. The Morgan fingerprint density at radius 3 is 0.990 bits per heavy atom. The van der Waals surface area contributed by atoms with Crippen LogP contribution in [0.5, 0.6) is 0 Å². The molecule has 0 saturated heterocycles. The van der Waals surface area contributed by atoms with Gasteiger partial charge in [0.15, 0.2) is 22.3 Å². The van der Waals surface area contributed by atoms with Crippen LogP contribution in [0.15, 0.2) is 293 Å². The Labute approximate surface area is 637 Å². The van der Waals surface area contributed by atoms with Crippen molar-refractivity contribution in [3.8, 4) is 28.2 Å². The van der Waals surface area contributed by atoms with Crippen LogP contribution < -0.4 is 26.2 Å². The number of hydrogen-bond donors (Lipinski definition) is 0. The Balaban J connectivity index is 0.908. The van der Waals surface area contributed by atoms with Crippen molar-refractivity contribution in [1.29, 1.82) is 0 Å². The van der Waals surface area contributed by atoms with Crippen molar-refractivity contribution in [2.24, 2.45) is 0 Å². The first kappa shape index (κ1) is 41.0. The zero-order valence-electron chi connectivity index (χ0n) is 81.9. The molecule has 8 heteroatoms. The molecular weight excluding hydrogens is 1270 g/mol. The predicted molar refractivity (Wildman–Crippen MR) is 440 cm³/mol. The summed E-state index contributed by atoms with van der Waals surface area (Å²) in [6.07, 6.45) is 0. The number of fused-ring (bicyclic) bond motifs is 19. The summed E-state index contributed by atoms with van der Waals surface area (Å²) in [7, 11) is 0. The molecule has 7 nitrogen and oxygen atoms in total. The lowest BCUT2D eigenvalue weighted by Crippen LogP contribution is -2.61. The van der Waals surface area contributed by atoms with Crippen LogP contribution in [0.3, 0.4) is 0 Å². The van der Waals surface area contributed by atoms with Gasteiger partial charge in [0.05, 0.1) is 88.7 Å². The summed E-state index contributed by atoms with van der Waals surface area (Å²) in [5.74, 6) is 0. The fourth-order valence-corrected chi connectivity index (χ4v) is 16.2. The van der Waals surface area contributed by atoms with Crippen LogP contribution in [0, 0.1) is 0 Å². The molecule has 0 fully saturated rings. The third kappa shape index (κ3) is 8.66. The minimum absolute atomic E-state index is 0.1000. The van der Waals surface area contributed by atoms with Gasteiger partial charge in [0.1, 0.15) is 0 Å². The van der Waals surface area contributed by atoms with Gasteiger partial charge in [-0.15, -0.1) is 0 Å². The van der Waals surface area contributed by atoms with Gasteiger partial charge in [-0.2, -0.15) is 0 Å². The number of nitrogens with zero attached hydrogens (tertiary/aromatic N) is 5. The van der Waals surface area contributed by atoms with Crippen LogP contribution in [-0.4, -0.2) is 20.4 Å². The van der Waals surface area contributed by atoms with E-state index in [-0.39, 0.29) is 110 Å². The fourth-order valence-electron chi connectivity index (χ4n) is 16.2. The smallest absolute Gasteiger partial charge is 0.252 e. The van der Waals surface area contributed by atoms with Crippen LogP contribution in [0.1, 0.15) is 112 Å². The minimum Gasteiger partial charge on any atom is -0.452 e. The highest BCUT2D eigenvalue weighted by atomic mass is 16.3. The van der Waals surface area contributed by atoms with Crippen molar-refractivity contribution in [3.63, 3.8) is 0 Å². The van der Waals surface area contributed by atoms with Crippen LogP contribution in [0.2, 0.25) is 0 Å². The highest BCUT2D eigenvalue weighted by Gasteiger charge is 2.46. The van der Waals surface area contributed by atoms with Gasteiger partial charge >= 0.3 is 0 Å².